The van der Waals surface area contributed by atoms with Gasteiger partial charge in [0.2, 0.25) is 0 Å². The standard InChI is InChI=1S/C18H18N2O2/c1-14-12-19(15-7-4-3-5-8-15)18(21)20(13-14)16-9-6-10-17(11-16)22-2/h3-11,13H,12H2,1-2H3. The maximum Gasteiger partial charge on any atom is 0.333 e. The normalized spacial score (nSPS) is 14.8. The van der Waals surface area contributed by atoms with E-state index in [4.69, 9.17) is 4.74 Å². The number of amides is 2. The summed E-state index contributed by atoms with van der Waals surface area (Å²) in [6, 6.07) is 17.1. The van der Waals surface area contributed by atoms with Gasteiger partial charge in [-0.1, -0.05) is 24.3 Å². The lowest BCUT2D eigenvalue weighted by atomic mass is 10.2. The molecule has 0 aliphatic carbocycles. The van der Waals surface area contributed by atoms with E-state index >= 15 is 0 Å². The Kier molecular flexibility index (Phi) is 3.83. The van der Waals surface area contributed by atoms with Gasteiger partial charge in [-0.05, 0) is 36.8 Å². The van der Waals surface area contributed by atoms with Crippen LogP contribution in [0.25, 0.3) is 0 Å². The number of methoxy groups -OCH3 is 1. The van der Waals surface area contributed by atoms with Crippen LogP contribution in [0.5, 0.6) is 5.75 Å². The van der Waals surface area contributed by atoms with Crippen LogP contribution in [-0.2, 0) is 0 Å². The average molecular weight is 294 g/mol. The second-order valence-corrected chi connectivity index (χ2v) is 5.25. The van der Waals surface area contributed by atoms with Crippen LogP contribution >= 0.6 is 0 Å². The maximum absolute atomic E-state index is 12.8. The lowest BCUT2D eigenvalue weighted by molar-refractivity contribution is 0.253. The molecule has 0 radical (unpaired) electrons. The molecule has 22 heavy (non-hydrogen) atoms. The Morgan fingerprint density at radius 3 is 2.45 bits per heavy atom. The number of carbonyl (C=O) groups is 1. The van der Waals surface area contributed by atoms with Crippen molar-refractivity contribution in [2.75, 3.05) is 23.5 Å². The molecule has 0 atom stereocenters. The number of ether oxygens (including phenoxy) is 1. The Balaban J connectivity index is 1.97. The minimum atomic E-state index is -0.0648. The molecule has 1 aliphatic rings. The summed E-state index contributed by atoms with van der Waals surface area (Å²) in [7, 11) is 1.62. The highest BCUT2D eigenvalue weighted by molar-refractivity contribution is 6.06. The predicted molar refractivity (Wildman–Crippen MR) is 88.4 cm³/mol. The van der Waals surface area contributed by atoms with E-state index in [1.54, 1.807) is 16.9 Å². The molecular formula is C18H18N2O2. The van der Waals surface area contributed by atoms with Gasteiger partial charge in [-0.3, -0.25) is 9.80 Å². The summed E-state index contributed by atoms with van der Waals surface area (Å²) in [5.74, 6) is 0.730. The van der Waals surface area contributed by atoms with Crippen molar-refractivity contribution >= 4 is 17.4 Å². The largest absolute Gasteiger partial charge is 0.497 e. The van der Waals surface area contributed by atoms with E-state index in [2.05, 4.69) is 0 Å². The van der Waals surface area contributed by atoms with E-state index in [1.807, 2.05) is 67.7 Å². The minimum Gasteiger partial charge on any atom is -0.497 e. The van der Waals surface area contributed by atoms with Gasteiger partial charge < -0.3 is 4.74 Å². The van der Waals surface area contributed by atoms with Crippen molar-refractivity contribution in [3.05, 3.63) is 66.4 Å². The highest BCUT2D eigenvalue weighted by Gasteiger charge is 2.27. The Bertz CT molecular complexity index is 710. The molecule has 4 heteroatoms. The summed E-state index contributed by atoms with van der Waals surface area (Å²) in [5, 5.41) is 0. The van der Waals surface area contributed by atoms with Crippen LogP contribution in [0.4, 0.5) is 16.2 Å². The average Bonchev–Trinajstić information content (AvgIpc) is 2.57. The molecule has 112 valence electrons. The second-order valence-electron chi connectivity index (χ2n) is 5.25. The monoisotopic (exact) mass is 294 g/mol. The van der Waals surface area contributed by atoms with Crippen LogP contribution in [-0.4, -0.2) is 19.7 Å². The number of anilines is 2. The third-order valence-corrected chi connectivity index (χ3v) is 3.59. The van der Waals surface area contributed by atoms with Crippen molar-refractivity contribution in [1.82, 2.24) is 0 Å². The van der Waals surface area contributed by atoms with E-state index in [-0.39, 0.29) is 6.03 Å². The first kappa shape index (κ1) is 14.2. The molecule has 0 fully saturated rings. The van der Waals surface area contributed by atoms with Crippen molar-refractivity contribution in [3.8, 4) is 5.75 Å². The van der Waals surface area contributed by atoms with Crippen LogP contribution in [0.15, 0.2) is 66.4 Å². The van der Waals surface area contributed by atoms with E-state index in [1.165, 1.54) is 0 Å². The zero-order chi connectivity index (χ0) is 15.5. The molecule has 3 rings (SSSR count). The predicted octanol–water partition coefficient (Wildman–Crippen LogP) is 4.05. The van der Waals surface area contributed by atoms with Gasteiger partial charge in [0, 0.05) is 18.0 Å². The lowest BCUT2D eigenvalue weighted by Crippen LogP contribution is -2.45. The first-order chi connectivity index (χ1) is 10.7. The van der Waals surface area contributed by atoms with Gasteiger partial charge in [-0.15, -0.1) is 0 Å². The van der Waals surface area contributed by atoms with E-state index in [0.29, 0.717) is 6.54 Å². The molecular weight excluding hydrogens is 276 g/mol. The molecule has 2 amide bonds. The van der Waals surface area contributed by atoms with Crippen molar-refractivity contribution < 1.29 is 9.53 Å². The summed E-state index contributed by atoms with van der Waals surface area (Å²) < 4.78 is 5.25. The van der Waals surface area contributed by atoms with Crippen LogP contribution in [0, 0.1) is 0 Å². The molecule has 0 N–H and O–H groups in total. The first-order valence-corrected chi connectivity index (χ1v) is 7.16. The Labute approximate surface area is 130 Å². The van der Waals surface area contributed by atoms with Gasteiger partial charge in [-0.25, -0.2) is 4.79 Å². The number of hydrogen-bond acceptors (Lipinski definition) is 2. The van der Waals surface area contributed by atoms with E-state index < -0.39 is 0 Å². The van der Waals surface area contributed by atoms with Crippen molar-refractivity contribution in [1.29, 1.82) is 0 Å². The molecule has 0 saturated carbocycles. The SMILES string of the molecule is COc1cccc(N2C=C(C)CN(c3ccccc3)C2=O)c1. The molecule has 0 unspecified atom stereocenters. The summed E-state index contributed by atoms with van der Waals surface area (Å²) in [6.45, 7) is 2.62. The number of nitrogens with zero attached hydrogens (tertiary/aromatic N) is 2. The molecule has 4 nitrogen and oxygen atoms in total. The van der Waals surface area contributed by atoms with Crippen LogP contribution in [0.1, 0.15) is 6.92 Å². The van der Waals surface area contributed by atoms with Crippen molar-refractivity contribution in [2.45, 2.75) is 6.92 Å². The van der Waals surface area contributed by atoms with Gasteiger partial charge in [0.15, 0.2) is 0 Å². The minimum absolute atomic E-state index is 0.0648. The third-order valence-electron chi connectivity index (χ3n) is 3.59. The van der Waals surface area contributed by atoms with Gasteiger partial charge in [0.1, 0.15) is 5.75 Å². The summed E-state index contributed by atoms with van der Waals surface area (Å²) >= 11 is 0. The molecule has 1 aliphatic heterocycles. The van der Waals surface area contributed by atoms with Gasteiger partial charge in [-0.2, -0.15) is 0 Å². The highest BCUT2D eigenvalue weighted by Crippen LogP contribution is 2.28. The van der Waals surface area contributed by atoms with E-state index in [0.717, 1.165) is 22.7 Å². The van der Waals surface area contributed by atoms with Crippen molar-refractivity contribution in [3.63, 3.8) is 0 Å². The summed E-state index contributed by atoms with van der Waals surface area (Å²) in [6.07, 6.45) is 1.89. The third kappa shape index (κ3) is 2.68. The van der Waals surface area contributed by atoms with Crippen LogP contribution in [0.3, 0.4) is 0 Å². The maximum atomic E-state index is 12.8. The smallest absolute Gasteiger partial charge is 0.333 e. The van der Waals surface area contributed by atoms with Gasteiger partial charge in [0.05, 0.1) is 19.3 Å². The van der Waals surface area contributed by atoms with Gasteiger partial charge >= 0.3 is 6.03 Å². The fraction of sp³-hybridized carbons (Fsp3) is 0.167. The summed E-state index contributed by atoms with van der Waals surface area (Å²) in [5.41, 5.74) is 2.81. The van der Waals surface area contributed by atoms with Crippen LogP contribution in [0.2, 0.25) is 0 Å². The zero-order valence-corrected chi connectivity index (χ0v) is 12.7. The van der Waals surface area contributed by atoms with Crippen LogP contribution < -0.4 is 14.5 Å². The Morgan fingerprint density at radius 1 is 1.00 bits per heavy atom. The van der Waals surface area contributed by atoms with Crippen molar-refractivity contribution in [2.24, 2.45) is 0 Å². The molecule has 1 heterocycles. The quantitative estimate of drug-likeness (QED) is 0.855. The topological polar surface area (TPSA) is 32.8 Å². The first-order valence-electron chi connectivity index (χ1n) is 7.16. The lowest BCUT2D eigenvalue weighted by Gasteiger charge is -2.33. The zero-order valence-electron chi connectivity index (χ0n) is 12.7. The number of hydrogen-bond donors (Lipinski definition) is 0. The number of urea groups is 1. The number of carbonyl (C=O) groups excluding carboxylic acids is 1. The number of para-hydroxylation sites is 1. The molecule has 0 aromatic heterocycles. The summed E-state index contributed by atoms with van der Waals surface area (Å²) in [4.78, 5) is 16.3. The molecule has 2 aromatic rings. The Hall–Kier alpha value is -2.75. The second kappa shape index (κ2) is 5.93. The van der Waals surface area contributed by atoms with Gasteiger partial charge in [0.25, 0.3) is 0 Å². The molecule has 0 bridgehead atoms. The molecule has 0 saturated heterocycles. The van der Waals surface area contributed by atoms with E-state index in [9.17, 15) is 4.79 Å². The molecule has 0 spiro atoms. The number of benzene rings is 2. The number of rotatable bonds is 3. The fourth-order valence-corrected chi connectivity index (χ4v) is 2.52. The molecule has 2 aromatic carbocycles. The Morgan fingerprint density at radius 2 is 1.73 bits per heavy atom. The highest BCUT2D eigenvalue weighted by atomic mass is 16.5. The fourth-order valence-electron chi connectivity index (χ4n) is 2.52.